The zero-order valence-corrected chi connectivity index (χ0v) is 13.3. The Morgan fingerprint density at radius 1 is 1.39 bits per heavy atom. The maximum absolute atomic E-state index is 12.1. The fourth-order valence-electron chi connectivity index (χ4n) is 2.07. The second-order valence-electron chi connectivity index (χ2n) is 4.94. The zero-order valence-electron chi connectivity index (χ0n) is 12.4. The number of amides is 1. The molecule has 0 fully saturated rings. The Morgan fingerprint density at radius 3 is 3.04 bits per heavy atom. The van der Waals surface area contributed by atoms with Crippen LogP contribution in [0.4, 0.5) is 0 Å². The number of aryl methyl sites for hydroxylation is 1. The number of nitrogens with zero attached hydrogens (tertiary/aromatic N) is 3. The first-order valence-electron chi connectivity index (χ1n) is 7.06. The van der Waals surface area contributed by atoms with Crippen LogP contribution in [0, 0.1) is 6.92 Å². The predicted molar refractivity (Wildman–Crippen MR) is 87.5 cm³/mol. The van der Waals surface area contributed by atoms with Gasteiger partial charge in [0.1, 0.15) is 0 Å². The lowest BCUT2D eigenvalue weighted by Gasteiger charge is -2.05. The summed E-state index contributed by atoms with van der Waals surface area (Å²) in [5.41, 5.74) is 1.69. The minimum absolute atomic E-state index is 0.190. The van der Waals surface area contributed by atoms with Crippen LogP contribution in [0.1, 0.15) is 16.2 Å². The van der Waals surface area contributed by atoms with E-state index < -0.39 is 0 Å². The highest BCUT2D eigenvalue weighted by molar-refractivity contribution is 7.13. The van der Waals surface area contributed by atoms with Crippen molar-refractivity contribution in [1.29, 1.82) is 0 Å². The number of aromatic amines is 1. The Bertz CT molecular complexity index is 866. The smallest absolute Gasteiger partial charge is 0.271 e. The summed E-state index contributed by atoms with van der Waals surface area (Å²) in [6.45, 7) is 2.43. The summed E-state index contributed by atoms with van der Waals surface area (Å²) in [6.07, 6.45) is 0. The van der Waals surface area contributed by atoms with Gasteiger partial charge in [-0.1, -0.05) is 6.07 Å². The molecule has 3 rings (SSSR count). The van der Waals surface area contributed by atoms with Gasteiger partial charge in [0.2, 0.25) is 0 Å². The number of carbonyl (C=O) groups is 1. The van der Waals surface area contributed by atoms with Crippen molar-refractivity contribution < 1.29 is 4.79 Å². The van der Waals surface area contributed by atoms with Gasteiger partial charge in [0.25, 0.3) is 11.5 Å². The largest absolute Gasteiger partial charge is 0.349 e. The molecule has 0 radical (unpaired) electrons. The SMILES string of the molecule is Cc1ccc(=O)n(CCNC(=O)c2cc(-c3cccs3)[nH]n2)n1. The normalized spacial score (nSPS) is 10.7. The first kappa shape index (κ1) is 15.2. The summed E-state index contributed by atoms with van der Waals surface area (Å²) in [5, 5.41) is 15.7. The maximum atomic E-state index is 12.1. The highest BCUT2D eigenvalue weighted by atomic mass is 32.1. The molecule has 0 saturated carbocycles. The summed E-state index contributed by atoms with van der Waals surface area (Å²) in [7, 11) is 0. The van der Waals surface area contributed by atoms with Gasteiger partial charge in [-0.05, 0) is 30.5 Å². The van der Waals surface area contributed by atoms with Crippen molar-refractivity contribution in [2.24, 2.45) is 0 Å². The molecule has 3 heterocycles. The molecule has 0 aliphatic heterocycles. The van der Waals surface area contributed by atoms with E-state index in [0.717, 1.165) is 16.3 Å². The van der Waals surface area contributed by atoms with Gasteiger partial charge in [-0.2, -0.15) is 10.2 Å². The summed E-state index contributed by atoms with van der Waals surface area (Å²) >= 11 is 1.57. The van der Waals surface area contributed by atoms with E-state index in [1.165, 1.54) is 10.7 Å². The van der Waals surface area contributed by atoms with Crippen LogP contribution in [-0.4, -0.2) is 32.4 Å². The number of thiophene rings is 1. The van der Waals surface area contributed by atoms with E-state index in [1.807, 2.05) is 24.4 Å². The predicted octanol–water partition coefficient (Wildman–Crippen LogP) is 1.43. The molecule has 0 saturated heterocycles. The first-order chi connectivity index (χ1) is 11.1. The Labute approximate surface area is 136 Å². The number of carbonyl (C=O) groups excluding carboxylic acids is 1. The minimum atomic E-state index is -0.287. The minimum Gasteiger partial charge on any atom is -0.349 e. The van der Waals surface area contributed by atoms with Gasteiger partial charge in [0, 0.05) is 12.6 Å². The van der Waals surface area contributed by atoms with Crippen molar-refractivity contribution in [3.63, 3.8) is 0 Å². The van der Waals surface area contributed by atoms with Crippen molar-refractivity contribution in [1.82, 2.24) is 25.3 Å². The molecule has 0 bridgehead atoms. The Kier molecular flexibility index (Phi) is 4.33. The third-order valence-corrected chi connectivity index (χ3v) is 4.11. The molecule has 0 atom stereocenters. The van der Waals surface area contributed by atoms with E-state index >= 15 is 0 Å². The fourth-order valence-corrected chi connectivity index (χ4v) is 2.77. The third-order valence-electron chi connectivity index (χ3n) is 3.21. The van der Waals surface area contributed by atoms with E-state index in [1.54, 1.807) is 23.5 Å². The van der Waals surface area contributed by atoms with Crippen LogP contribution >= 0.6 is 11.3 Å². The van der Waals surface area contributed by atoms with Crippen LogP contribution in [0.25, 0.3) is 10.6 Å². The quantitative estimate of drug-likeness (QED) is 0.740. The van der Waals surface area contributed by atoms with E-state index in [2.05, 4.69) is 20.6 Å². The Morgan fingerprint density at radius 2 is 2.26 bits per heavy atom. The molecule has 0 aliphatic carbocycles. The number of hydrogen-bond donors (Lipinski definition) is 2. The lowest BCUT2D eigenvalue weighted by molar-refractivity contribution is 0.0946. The molecule has 0 aromatic carbocycles. The maximum Gasteiger partial charge on any atom is 0.271 e. The van der Waals surface area contributed by atoms with E-state index in [9.17, 15) is 9.59 Å². The molecule has 3 aromatic heterocycles. The lowest BCUT2D eigenvalue weighted by atomic mass is 10.3. The van der Waals surface area contributed by atoms with Gasteiger partial charge in [-0.25, -0.2) is 4.68 Å². The monoisotopic (exact) mass is 329 g/mol. The average Bonchev–Trinajstić information content (AvgIpc) is 3.20. The van der Waals surface area contributed by atoms with Crippen LogP contribution in [-0.2, 0) is 6.54 Å². The van der Waals surface area contributed by atoms with Crippen LogP contribution in [0.2, 0.25) is 0 Å². The fraction of sp³-hybridized carbons (Fsp3) is 0.200. The molecule has 0 aliphatic rings. The topological polar surface area (TPSA) is 92.7 Å². The Hall–Kier alpha value is -2.74. The highest BCUT2D eigenvalue weighted by Crippen LogP contribution is 2.22. The lowest BCUT2D eigenvalue weighted by Crippen LogP contribution is -2.32. The molecule has 7 nitrogen and oxygen atoms in total. The number of hydrogen-bond acceptors (Lipinski definition) is 5. The molecule has 0 spiro atoms. The zero-order chi connectivity index (χ0) is 16.2. The molecule has 23 heavy (non-hydrogen) atoms. The number of H-pyrrole nitrogens is 1. The summed E-state index contributed by atoms with van der Waals surface area (Å²) in [6, 6.07) is 8.72. The van der Waals surface area contributed by atoms with Crippen LogP contribution in [0.15, 0.2) is 40.5 Å². The molecule has 8 heteroatoms. The van der Waals surface area contributed by atoms with Gasteiger partial charge >= 0.3 is 0 Å². The molecule has 2 N–H and O–H groups in total. The average molecular weight is 329 g/mol. The van der Waals surface area contributed by atoms with Crippen molar-refractivity contribution >= 4 is 17.2 Å². The van der Waals surface area contributed by atoms with Crippen LogP contribution in [0.5, 0.6) is 0 Å². The number of rotatable bonds is 5. The molecule has 1 amide bonds. The van der Waals surface area contributed by atoms with Crippen molar-refractivity contribution in [3.8, 4) is 10.6 Å². The molecular formula is C15H15N5O2S. The van der Waals surface area contributed by atoms with Gasteiger partial charge < -0.3 is 5.32 Å². The van der Waals surface area contributed by atoms with Crippen LogP contribution in [0.3, 0.4) is 0 Å². The first-order valence-corrected chi connectivity index (χ1v) is 7.94. The second kappa shape index (κ2) is 6.57. The van der Waals surface area contributed by atoms with Crippen molar-refractivity contribution in [3.05, 3.63) is 57.5 Å². The standard InChI is InChI=1S/C15H15N5O2S/c1-10-4-5-14(21)20(19-10)7-6-16-15(22)12-9-11(17-18-12)13-3-2-8-23-13/h2-5,8-9H,6-7H2,1H3,(H,16,22)(H,17,18). The Balaban J connectivity index is 1.59. The van der Waals surface area contributed by atoms with Crippen molar-refractivity contribution in [2.75, 3.05) is 6.54 Å². The number of aromatic nitrogens is 4. The summed E-state index contributed by atoms with van der Waals surface area (Å²) < 4.78 is 1.33. The molecule has 0 unspecified atom stereocenters. The molecular weight excluding hydrogens is 314 g/mol. The van der Waals surface area contributed by atoms with Gasteiger partial charge in [-0.3, -0.25) is 14.7 Å². The van der Waals surface area contributed by atoms with Gasteiger partial charge in [0.05, 0.1) is 22.8 Å². The summed E-state index contributed by atoms with van der Waals surface area (Å²) in [4.78, 5) is 24.7. The van der Waals surface area contributed by atoms with Crippen LogP contribution < -0.4 is 10.9 Å². The third kappa shape index (κ3) is 3.54. The summed E-state index contributed by atoms with van der Waals surface area (Å²) in [5.74, 6) is -0.287. The van der Waals surface area contributed by atoms with E-state index in [4.69, 9.17) is 0 Å². The van der Waals surface area contributed by atoms with E-state index in [0.29, 0.717) is 18.8 Å². The van der Waals surface area contributed by atoms with E-state index in [-0.39, 0.29) is 11.5 Å². The highest BCUT2D eigenvalue weighted by Gasteiger charge is 2.11. The van der Waals surface area contributed by atoms with Gasteiger partial charge in [-0.15, -0.1) is 11.3 Å². The molecule has 3 aromatic rings. The van der Waals surface area contributed by atoms with Crippen molar-refractivity contribution in [2.45, 2.75) is 13.5 Å². The van der Waals surface area contributed by atoms with Gasteiger partial charge in [0.15, 0.2) is 5.69 Å². The second-order valence-corrected chi connectivity index (χ2v) is 5.88. The molecule has 118 valence electrons. The number of nitrogens with one attached hydrogen (secondary N) is 2.